The zero-order valence-corrected chi connectivity index (χ0v) is 11.8. The van der Waals surface area contributed by atoms with Gasteiger partial charge < -0.3 is 4.74 Å². The number of aryl methyl sites for hydroxylation is 1. The lowest BCUT2D eigenvalue weighted by molar-refractivity contribution is -0.142. The molecule has 0 radical (unpaired) electrons. The number of carbonyl (C=O) groups excluding carboxylic acids is 2. The molecular formula is C11H13N5O3S. The molecule has 1 N–H and O–H groups in total. The summed E-state index contributed by atoms with van der Waals surface area (Å²) in [5.74, 6) is -0.736. The van der Waals surface area contributed by atoms with Crippen molar-refractivity contribution < 1.29 is 14.3 Å². The second kappa shape index (κ2) is 6.24. The molecule has 2 aromatic rings. The Balaban J connectivity index is 1.95. The molecule has 0 fully saturated rings. The van der Waals surface area contributed by atoms with E-state index in [2.05, 4.69) is 20.6 Å². The molecule has 0 aliphatic rings. The lowest BCUT2D eigenvalue weighted by atomic mass is 10.3. The molecule has 0 aliphatic heterocycles. The van der Waals surface area contributed by atoms with E-state index in [1.54, 1.807) is 19.4 Å². The van der Waals surface area contributed by atoms with E-state index in [-0.39, 0.29) is 18.1 Å². The highest BCUT2D eigenvalue weighted by molar-refractivity contribution is 7.14. The van der Waals surface area contributed by atoms with E-state index in [9.17, 15) is 9.59 Å². The molecule has 0 atom stereocenters. The molecule has 2 heterocycles. The van der Waals surface area contributed by atoms with E-state index in [0.29, 0.717) is 17.4 Å². The summed E-state index contributed by atoms with van der Waals surface area (Å²) < 4.78 is 6.26. The maximum atomic E-state index is 11.8. The number of rotatable bonds is 5. The molecule has 0 aliphatic carbocycles. The van der Waals surface area contributed by atoms with E-state index in [0.717, 1.165) is 0 Å². The monoisotopic (exact) mass is 295 g/mol. The van der Waals surface area contributed by atoms with E-state index >= 15 is 0 Å². The number of nitrogens with one attached hydrogen (secondary N) is 1. The van der Waals surface area contributed by atoms with Gasteiger partial charge in [0.2, 0.25) is 0 Å². The van der Waals surface area contributed by atoms with Crippen LogP contribution in [0.5, 0.6) is 0 Å². The van der Waals surface area contributed by atoms with E-state index < -0.39 is 5.91 Å². The molecule has 0 saturated carbocycles. The molecule has 2 aromatic heterocycles. The van der Waals surface area contributed by atoms with E-state index in [1.807, 2.05) is 0 Å². The van der Waals surface area contributed by atoms with Gasteiger partial charge >= 0.3 is 5.97 Å². The molecule has 0 bridgehead atoms. The Morgan fingerprint density at radius 2 is 2.30 bits per heavy atom. The number of amides is 1. The van der Waals surface area contributed by atoms with Crippen molar-refractivity contribution in [3.05, 3.63) is 23.0 Å². The van der Waals surface area contributed by atoms with Crippen LogP contribution in [0.2, 0.25) is 0 Å². The Labute approximate surface area is 118 Å². The van der Waals surface area contributed by atoms with E-state index in [1.165, 1.54) is 22.2 Å². The van der Waals surface area contributed by atoms with Gasteiger partial charge in [-0.3, -0.25) is 19.6 Å². The first-order valence-corrected chi connectivity index (χ1v) is 6.74. The summed E-state index contributed by atoms with van der Waals surface area (Å²) in [6, 6.07) is 0. The summed E-state index contributed by atoms with van der Waals surface area (Å²) in [5, 5.41) is 12.1. The van der Waals surface area contributed by atoms with Gasteiger partial charge in [-0.25, -0.2) is 4.98 Å². The number of thiazole rings is 1. The number of hydrogen-bond acceptors (Lipinski definition) is 7. The van der Waals surface area contributed by atoms with Crippen LogP contribution >= 0.6 is 11.3 Å². The van der Waals surface area contributed by atoms with Crippen LogP contribution in [0, 0.1) is 0 Å². The Hall–Kier alpha value is -2.29. The highest BCUT2D eigenvalue weighted by Gasteiger charge is 2.13. The standard InChI is InChI=1S/C11H13N5O3S/c1-3-19-9(17)4-7-6-20-11(12-7)13-10(18)8-5-16(2)15-14-8/h5-6H,3-4H2,1-2H3,(H,12,13,18). The van der Waals surface area contributed by atoms with Crippen LogP contribution in [0.15, 0.2) is 11.6 Å². The summed E-state index contributed by atoms with van der Waals surface area (Å²) >= 11 is 1.23. The molecule has 0 spiro atoms. The maximum Gasteiger partial charge on any atom is 0.311 e. The van der Waals surface area contributed by atoms with Crippen LogP contribution < -0.4 is 5.32 Å². The van der Waals surface area contributed by atoms with Gasteiger partial charge in [-0.1, -0.05) is 5.21 Å². The molecule has 0 aromatic carbocycles. The fourth-order valence-corrected chi connectivity index (χ4v) is 2.12. The van der Waals surface area contributed by atoms with Crippen molar-refractivity contribution in [3.63, 3.8) is 0 Å². The molecular weight excluding hydrogens is 282 g/mol. The third-order valence-electron chi connectivity index (χ3n) is 2.24. The largest absolute Gasteiger partial charge is 0.466 e. The van der Waals surface area contributed by atoms with Gasteiger partial charge in [0.05, 0.1) is 24.9 Å². The summed E-state index contributed by atoms with van der Waals surface area (Å²) in [4.78, 5) is 27.2. The van der Waals surface area contributed by atoms with Crippen LogP contribution in [0.25, 0.3) is 0 Å². The lowest BCUT2D eigenvalue weighted by Crippen LogP contribution is -2.12. The van der Waals surface area contributed by atoms with Crippen molar-refractivity contribution in [1.29, 1.82) is 0 Å². The number of anilines is 1. The molecule has 9 heteroatoms. The number of esters is 1. The summed E-state index contributed by atoms with van der Waals surface area (Å²) in [6.07, 6.45) is 1.59. The number of ether oxygens (including phenoxy) is 1. The van der Waals surface area contributed by atoms with Gasteiger partial charge in [0.25, 0.3) is 5.91 Å². The lowest BCUT2D eigenvalue weighted by Gasteiger charge is -1.98. The van der Waals surface area contributed by atoms with Gasteiger partial charge in [-0.15, -0.1) is 16.4 Å². The van der Waals surface area contributed by atoms with Crippen LogP contribution in [0.3, 0.4) is 0 Å². The van der Waals surface area contributed by atoms with Gasteiger partial charge in [0, 0.05) is 12.4 Å². The van der Waals surface area contributed by atoms with Gasteiger partial charge in [0.1, 0.15) is 0 Å². The van der Waals surface area contributed by atoms with Crippen LogP contribution in [-0.2, 0) is 23.0 Å². The smallest absolute Gasteiger partial charge is 0.311 e. The minimum absolute atomic E-state index is 0.0886. The molecule has 1 amide bonds. The molecule has 0 unspecified atom stereocenters. The number of aromatic nitrogens is 4. The highest BCUT2D eigenvalue weighted by atomic mass is 32.1. The molecule has 20 heavy (non-hydrogen) atoms. The topological polar surface area (TPSA) is 99.0 Å². The maximum absolute atomic E-state index is 11.8. The Kier molecular flexibility index (Phi) is 4.41. The minimum atomic E-state index is -0.393. The summed E-state index contributed by atoms with van der Waals surface area (Å²) in [6.45, 7) is 2.07. The quantitative estimate of drug-likeness (QED) is 0.812. The molecule has 0 saturated heterocycles. The van der Waals surface area contributed by atoms with Crippen molar-refractivity contribution in [1.82, 2.24) is 20.0 Å². The highest BCUT2D eigenvalue weighted by Crippen LogP contribution is 2.16. The Morgan fingerprint density at radius 3 is 2.95 bits per heavy atom. The van der Waals surface area contributed by atoms with Crippen molar-refractivity contribution in [3.8, 4) is 0 Å². The van der Waals surface area contributed by atoms with Crippen molar-refractivity contribution >= 4 is 28.3 Å². The molecule has 2 rings (SSSR count). The molecule has 8 nitrogen and oxygen atoms in total. The number of nitrogens with zero attached hydrogens (tertiary/aromatic N) is 4. The van der Waals surface area contributed by atoms with Crippen LogP contribution in [0.4, 0.5) is 5.13 Å². The third-order valence-corrected chi connectivity index (χ3v) is 3.04. The number of carbonyl (C=O) groups is 2. The average molecular weight is 295 g/mol. The zero-order chi connectivity index (χ0) is 14.5. The first-order valence-electron chi connectivity index (χ1n) is 5.86. The zero-order valence-electron chi connectivity index (χ0n) is 11.0. The normalized spacial score (nSPS) is 10.3. The van der Waals surface area contributed by atoms with E-state index in [4.69, 9.17) is 4.74 Å². The SMILES string of the molecule is CCOC(=O)Cc1csc(NC(=O)c2cn(C)nn2)n1. The first kappa shape index (κ1) is 14.1. The van der Waals surface area contributed by atoms with Crippen molar-refractivity contribution in [2.24, 2.45) is 7.05 Å². The van der Waals surface area contributed by atoms with Gasteiger partial charge in [0.15, 0.2) is 10.8 Å². The average Bonchev–Trinajstić information content (AvgIpc) is 2.99. The van der Waals surface area contributed by atoms with Gasteiger partial charge in [-0.2, -0.15) is 0 Å². The van der Waals surface area contributed by atoms with Crippen molar-refractivity contribution in [2.75, 3.05) is 11.9 Å². The number of hydrogen-bond donors (Lipinski definition) is 1. The van der Waals surface area contributed by atoms with Crippen LogP contribution in [0.1, 0.15) is 23.1 Å². The fraction of sp³-hybridized carbons (Fsp3) is 0.364. The second-order valence-electron chi connectivity index (χ2n) is 3.86. The molecule has 106 valence electrons. The van der Waals surface area contributed by atoms with Gasteiger partial charge in [-0.05, 0) is 6.92 Å². The predicted molar refractivity (Wildman–Crippen MR) is 71.4 cm³/mol. The fourth-order valence-electron chi connectivity index (χ4n) is 1.42. The third kappa shape index (κ3) is 3.60. The van der Waals surface area contributed by atoms with Crippen molar-refractivity contribution in [2.45, 2.75) is 13.3 Å². The Bertz CT molecular complexity index is 621. The Morgan fingerprint density at radius 1 is 1.50 bits per heavy atom. The predicted octanol–water partition coefficient (Wildman–Crippen LogP) is 0.629. The second-order valence-corrected chi connectivity index (χ2v) is 4.72. The minimum Gasteiger partial charge on any atom is -0.466 e. The summed E-state index contributed by atoms with van der Waals surface area (Å²) in [5.41, 5.74) is 0.762. The summed E-state index contributed by atoms with van der Waals surface area (Å²) in [7, 11) is 1.67. The van der Waals surface area contributed by atoms with Crippen LogP contribution in [-0.4, -0.2) is 38.5 Å². The first-order chi connectivity index (χ1) is 9.58.